The van der Waals surface area contributed by atoms with Crippen LogP contribution in [0.3, 0.4) is 0 Å². The zero-order chi connectivity index (χ0) is 10.6. The van der Waals surface area contributed by atoms with Gasteiger partial charge in [0.15, 0.2) is 0 Å². The average molecular weight is 215 g/mol. The summed E-state index contributed by atoms with van der Waals surface area (Å²) in [5, 5.41) is 4.35. The van der Waals surface area contributed by atoms with Crippen molar-refractivity contribution in [3.8, 4) is 0 Å². The monoisotopic (exact) mass is 215 g/mol. The molecule has 1 atom stereocenters. The smallest absolute Gasteiger partial charge is 0.139 e. The molecule has 4 nitrogen and oxygen atoms in total. The number of hydrogen-bond donors (Lipinski definition) is 2. The lowest BCUT2D eigenvalue weighted by Gasteiger charge is -2.21. The molecule has 5 heteroatoms. The number of hydrogen-bond acceptors (Lipinski definition) is 5. The summed E-state index contributed by atoms with van der Waals surface area (Å²) in [6.07, 6.45) is 0. The van der Waals surface area contributed by atoms with Crippen molar-refractivity contribution in [2.45, 2.75) is 19.9 Å². The molecule has 1 heterocycles. The summed E-state index contributed by atoms with van der Waals surface area (Å²) in [7, 11) is 1.71. The quantitative estimate of drug-likeness (QED) is 0.786. The van der Waals surface area contributed by atoms with Crippen LogP contribution in [-0.4, -0.2) is 24.1 Å². The predicted octanol–water partition coefficient (Wildman–Crippen LogP) is 1.81. The minimum absolute atomic E-state index is 0.305. The highest BCUT2D eigenvalue weighted by atomic mass is 32.1. The minimum atomic E-state index is 0.305. The summed E-state index contributed by atoms with van der Waals surface area (Å²) in [5.74, 6) is 1.08. The van der Waals surface area contributed by atoms with Crippen molar-refractivity contribution in [2.75, 3.05) is 24.8 Å². The fourth-order valence-electron chi connectivity index (χ4n) is 1.12. The molecule has 0 amide bonds. The number of ether oxygens (including phenoxy) is 1. The van der Waals surface area contributed by atoms with Crippen molar-refractivity contribution in [3.05, 3.63) is 6.07 Å². The van der Waals surface area contributed by atoms with Crippen molar-refractivity contribution >= 4 is 22.4 Å². The molecule has 0 aromatic carbocycles. The number of methoxy groups -OCH3 is 1. The van der Waals surface area contributed by atoms with Gasteiger partial charge in [-0.1, -0.05) is 13.8 Å². The highest BCUT2D eigenvalue weighted by Crippen LogP contribution is 2.20. The summed E-state index contributed by atoms with van der Waals surface area (Å²) >= 11 is 1.38. The molecular formula is C9H17N3OS. The second-order valence-electron chi connectivity index (χ2n) is 3.57. The van der Waals surface area contributed by atoms with Crippen LogP contribution >= 0.6 is 11.5 Å². The van der Waals surface area contributed by atoms with E-state index in [1.54, 1.807) is 7.11 Å². The van der Waals surface area contributed by atoms with Gasteiger partial charge in [0, 0.05) is 13.2 Å². The molecule has 1 unspecified atom stereocenters. The second kappa shape index (κ2) is 5.17. The first-order valence-electron chi connectivity index (χ1n) is 4.61. The van der Waals surface area contributed by atoms with Crippen LogP contribution in [0.4, 0.5) is 10.8 Å². The molecule has 3 N–H and O–H groups in total. The molecule has 0 bridgehead atoms. The molecular weight excluding hydrogens is 198 g/mol. The van der Waals surface area contributed by atoms with Crippen molar-refractivity contribution in [1.29, 1.82) is 0 Å². The Balaban J connectivity index is 2.55. The van der Waals surface area contributed by atoms with Crippen molar-refractivity contribution < 1.29 is 4.74 Å². The third kappa shape index (κ3) is 3.16. The molecule has 0 aliphatic rings. The summed E-state index contributed by atoms with van der Waals surface area (Å²) in [5.41, 5.74) is 5.53. The van der Waals surface area contributed by atoms with Gasteiger partial charge in [-0.15, -0.1) is 0 Å². The Morgan fingerprint density at radius 2 is 2.36 bits per heavy atom. The lowest BCUT2D eigenvalue weighted by atomic mass is 10.1. The van der Waals surface area contributed by atoms with Gasteiger partial charge < -0.3 is 15.8 Å². The molecule has 0 fully saturated rings. The molecule has 0 aliphatic heterocycles. The minimum Gasteiger partial charge on any atom is -0.383 e. The Kier molecular flexibility index (Phi) is 4.16. The van der Waals surface area contributed by atoms with Crippen molar-refractivity contribution in [2.24, 2.45) is 5.92 Å². The maximum atomic E-state index is 5.53. The fourth-order valence-corrected chi connectivity index (χ4v) is 1.75. The highest BCUT2D eigenvalue weighted by molar-refractivity contribution is 7.10. The van der Waals surface area contributed by atoms with E-state index in [2.05, 4.69) is 23.5 Å². The van der Waals surface area contributed by atoms with Gasteiger partial charge in [-0.05, 0) is 17.5 Å². The lowest BCUT2D eigenvalue weighted by molar-refractivity contribution is 0.171. The van der Waals surface area contributed by atoms with Crippen LogP contribution in [-0.2, 0) is 4.74 Å². The average Bonchev–Trinajstić information content (AvgIpc) is 2.50. The lowest BCUT2D eigenvalue weighted by Crippen LogP contribution is -2.29. The topological polar surface area (TPSA) is 60.2 Å². The summed E-state index contributed by atoms with van der Waals surface area (Å²) in [4.78, 5) is 0. The first-order chi connectivity index (χ1) is 6.63. The SMILES string of the molecule is COCC(Nc1cc(N)ns1)C(C)C. The number of anilines is 2. The van der Waals surface area contributed by atoms with E-state index in [0.29, 0.717) is 24.4 Å². The van der Waals surface area contributed by atoms with Gasteiger partial charge in [0.25, 0.3) is 0 Å². The summed E-state index contributed by atoms with van der Waals surface area (Å²) in [6.45, 7) is 5.00. The summed E-state index contributed by atoms with van der Waals surface area (Å²) in [6, 6.07) is 2.15. The van der Waals surface area contributed by atoms with Crippen LogP contribution in [0.1, 0.15) is 13.8 Å². The number of nitrogens with zero attached hydrogens (tertiary/aromatic N) is 1. The Morgan fingerprint density at radius 1 is 1.64 bits per heavy atom. The van der Waals surface area contributed by atoms with E-state index >= 15 is 0 Å². The second-order valence-corrected chi connectivity index (χ2v) is 4.37. The Labute approximate surface area is 88.6 Å². The van der Waals surface area contributed by atoms with Crippen LogP contribution < -0.4 is 11.1 Å². The van der Waals surface area contributed by atoms with Gasteiger partial charge >= 0.3 is 0 Å². The molecule has 1 aromatic rings. The van der Waals surface area contributed by atoms with Gasteiger partial charge in [0.05, 0.1) is 12.6 Å². The third-order valence-electron chi connectivity index (χ3n) is 2.01. The van der Waals surface area contributed by atoms with Gasteiger partial charge in [0.2, 0.25) is 0 Å². The van der Waals surface area contributed by atoms with Gasteiger partial charge in [0.1, 0.15) is 10.8 Å². The predicted molar refractivity (Wildman–Crippen MR) is 60.7 cm³/mol. The number of nitrogens with two attached hydrogens (primary N) is 1. The zero-order valence-corrected chi connectivity index (χ0v) is 9.60. The molecule has 14 heavy (non-hydrogen) atoms. The number of nitrogen functional groups attached to an aromatic ring is 1. The Hall–Kier alpha value is -0.810. The first-order valence-corrected chi connectivity index (χ1v) is 5.38. The largest absolute Gasteiger partial charge is 0.383 e. The van der Waals surface area contributed by atoms with E-state index in [-0.39, 0.29) is 0 Å². The normalized spacial score (nSPS) is 13.1. The molecule has 0 spiro atoms. The maximum Gasteiger partial charge on any atom is 0.139 e. The van der Waals surface area contributed by atoms with E-state index in [1.807, 2.05) is 6.07 Å². The Morgan fingerprint density at radius 3 is 2.79 bits per heavy atom. The fraction of sp³-hybridized carbons (Fsp3) is 0.667. The number of nitrogens with one attached hydrogen (secondary N) is 1. The first kappa shape index (κ1) is 11.3. The van der Waals surface area contributed by atoms with E-state index in [1.165, 1.54) is 11.5 Å². The van der Waals surface area contributed by atoms with Crippen LogP contribution in [0.2, 0.25) is 0 Å². The van der Waals surface area contributed by atoms with E-state index < -0.39 is 0 Å². The highest BCUT2D eigenvalue weighted by Gasteiger charge is 2.13. The van der Waals surface area contributed by atoms with Gasteiger partial charge in [-0.2, -0.15) is 4.37 Å². The van der Waals surface area contributed by atoms with Crippen LogP contribution in [0.25, 0.3) is 0 Å². The molecule has 80 valence electrons. The standard InChI is InChI=1S/C9H17N3OS/c1-6(2)7(5-13-3)11-9-4-8(10)12-14-9/h4,6-7,11H,5H2,1-3H3,(H2,10,12). The van der Waals surface area contributed by atoms with Crippen LogP contribution in [0.15, 0.2) is 6.07 Å². The van der Waals surface area contributed by atoms with E-state index in [9.17, 15) is 0 Å². The van der Waals surface area contributed by atoms with E-state index in [4.69, 9.17) is 10.5 Å². The molecule has 1 aromatic heterocycles. The third-order valence-corrected chi connectivity index (χ3v) is 2.74. The number of aromatic nitrogens is 1. The zero-order valence-electron chi connectivity index (χ0n) is 8.78. The molecule has 0 saturated heterocycles. The van der Waals surface area contributed by atoms with Gasteiger partial charge in [-0.25, -0.2) is 0 Å². The number of rotatable bonds is 5. The van der Waals surface area contributed by atoms with Crippen molar-refractivity contribution in [1.82, 2.24) is 4.37 Å². The molecule has 0 radical (unpaired) electrons. The van der Waals surface area contributed by atoms with E-state index in [0.717, 1.165) is 5.00 Å². The maximum absolute atomic E-state index is 5.53. The molecule has 0 aliphatic carbocycles. The Bertz CT molecular complexity index is 275. The van der Waals surface area contributed by atoms with Gasteiger partial charge in [-0.3, -0.25) is 0 Å². The summed E-state index contributed by atoms with van der Waals surface area (Å²) < 4.78 is 9.14. The van der Waals surface area contributed by atoms with Crippen LogP contribution in [0.5, 0.6) is 0 Å². The van der Waals surface area contributed by atoms with Crippen molar-refractivity contribution in [3.63, 3.8) is 0 Å². The van der Waals surface area contributed by atoms with Crippen LogP contribution in [0, 0.1) is 5.92 Å². The molecule has 0 saturated carbocycles. The molecule has 1 rings (SSSR count).